The van der Waals surface area contributed by atoms with Crippen molar-refractivity contribution in [2.24, 2.45) is 0 Å². The van der Waals surface area contributed by atoms with Crippen LogP contribution in [0, 0.1) is 0 Å². The molecule has 2 aromatic carbocycles. The van der Waals surface area contributed by atoms with Crippen LogP contribution in [-0.2, 0) is 17.7 Å². The third-order valence-electron chi connectivity index (χ3n) is 4.57. The van der Waals surface area contributed by atoms with Crippen molar-refractivity contribution >= 4 is 11.9 Å². The van der Waals surface area contributed by atoms with Crippen LogP contribution >= 0.6 is 0 Å². The molecule has 0 aliphatic carbocycles. The minimum Gasteiger partial charge on any atom is -0.454 e. The molecular formula is C22H18N2O3. The molecule has 0 saturated carbocycles. The van der Waals surface area contributed by atoms with Gasteiger partial charge in [0.15, 0.2) is 0 Å². The molecule has 1 aromatic heterocycles. The van der Waals surface area contributed by atoms with Gasteiger partial charge in [-0.25, -0.2) is 4.79 Å². The highest BCUT2D eigenvalue weighted by Gasteiger charge is 2.28. The number of hydrogen-bond donors (Lipinski definition) is 1. The molecule has 1 amide bonds. The van der Waals surface area contributed by atoms with Gasteiger partial charge in [0, 0.05) is 18.2 Å². The lowest BCUT2D eigenvalue weighted by atomic mass is 9.93. The summed E-state index contributed by atoms with van der Waals surface area (Å²) >= 11 is 0. The van der Waals surface area contributed by atoms with Crippen LogP contribution in [0.3, 0.4) is 0 Å². The third kappa shape index (κ3) is 3.72. The molecule has 0 saturated heterocycles. The van der Waals surface area contributed by atoms with Gasteiger partial charge in [0.2, 0.25) is 0 Å². The van der Waals surface area contributed by atoms with E-state index in [1.54, 1.807) is 24.4 Å². The SMILES string of the molecule is O=C(NCc1ccccn1)c1ccc2c(c1)C[C@@H](c1ccccc1)OC2=O. The number of ether oxygens (including phenoxy) is 1. The highest BCUT2D eigenvalue weighted by atomic mass is 16.5. The molecule has 1 aliphatic rings. The number of carbonyl (C=O) groups excluding carboxylic acids is 2. The molecule has 0 spiro atoms. The normalized spacial score (nSPS) is 15.6. The molecule has 1 atom stereocenters. The van der Waals surface area contributed by atoms with Crippen LogP contribution in [-0.4, -0.2) is 16.9 Å². The molecule has 2 heterocycles. The second-order valence-corrected chi connectivity index (χ2v) is 6.38. The Morgan fingerprint density at radius 1 is 1.07 bits per heavy atom. The molecule has 5 heteroatoms. The van der Waals surface area contributed by atoms with E-state index in [1.807, 2.05) is 48.5 Å². The lowest BCUT2D eigenvalue weighted by Gasteiger charge is -2.25. The highest BCUT2D eigenvalue weighted by molar-refractivity contribution is 5.97. The van der Waals surface area contributed by atoms with Crippen molar-refractivity contribution in [3.05, 3.63) is 101 Å². The zero-order valence-electron chi connectivity index (χ0n) is 14.6. The summed E-state index contributed by atoms with van der Waals surface area (Å²) in [7, 11) is 0. The Balaban J connectivity index is 1.52. The van der Waals surface area contributed by atoms with Gasteiger partial charge in [-0.05, 0) is 41.5 Å². The molecule has 0 radical (unpaired) electrons. The molecule has 0 unspecified atom stereocenters. The largest absolute Gasteiger partial charge is 0.454 e. The smallest absolute Gasteiger partial charge is 0.339 e. The first-order chi connectivity index (χ1) is 13.2. The fourth-order valence-corrected chi connectivity index (χ4v) is 3.17. The number of carbonyl (C=O) groups is 2. The number of cyclic esters (lactones) is 1. The zero-order valence-corrected chi connectivity index (χ0v) is 14.6. The van der Waals surface area contributed by atoms with Crippen LogP contribution in [0.4, 0.5) is 0 Å². The first kappa shape index (κ1) is 17.0. The van der Waals surface area contributed by atoms with Gasteiger partial charge in [0.25, 0.3) is 5.91 Å². The van der Waals surface area contributed by atoms with Crippen LogP contribution in [0.25, 0.3) is 0 Å². The maximum atomic E-state index is 12.5. The number of amides is 1. The Morgan fingerprint density at radius 3 is 2.67 bits per heavy atom. The Hall–Kier alpha value is -3.47. The number of nitrogens with one attached hydrogen (secondary N) is 1. The molecule has 134 valence electrons. The van der Waals surface area contributed by atoms with E-state index in [-0.39, 0.29) is 18.0 Å². The summed E-state index contributed by atoms with van der Waals surface area (Å²) in [4.78, 5) is 29.0. The number of fused-ring (bicyclic) bond motifs is 1. The van der Waals surface area contributed by atoms with Crippen molar-refractivity contribution in [3.63, 3.8) is 0 Å². The number of esters is 1. The van der Waals surface area contributed by atoms with Gasteiger partial charge in [-0.3, -0.25) is 9.78 Å². The average molecular weight is 358 g/mol. The number of pyridine rings is 1. The van der Waals surface area contributed by atoms with E-state index in [9.17, 15) is 9.59 Å². The highest BCUT2D eigenvalue weighted by Crippen LogP contribution is 2.31. The average Bonchev–Trinajstić information content (AvgIpc) is 2.73. The monoisotopic (exact) mass is 358 g/mol. The van der Waals surface area contributed by atoms with Crippen molar-refractivity contribution in [1.29, 1.82) is 0 Å². The van der Waals surface area contributed by atoms with Crippen LogP contribution in [0.1, 0.15) is 43.6 Å². The van der Waals surface area contributed by atoms with Crippen molar-refractivity contribution in [3.8, 4) is 0 Å². The molecule has 1 N–H and O–H groups in total. The summed E-state index contributed by atoms with van der Waals surface area (Å²) in [5.41, 5.74) is 3.60. The Morgan fingerprint density at radius 2 is 1.89 bits per heavy atom. The van der Waals surface area contributed by atoms with Crippen LogP contribution in [0.2, 0.25) is 0 Å². The standard InChI is InChI=1S/C22H18N2O3/c25-21(24-14-18-8-4-5-11-23-18)16-9-10-19-17(12-16)13-20(27-22(19)26)15-6-2-1-3-7-15/h1-12,20H,13-14H2,(H,24,25)/t20-/m0/s1. The van der Waals surface area contributed by atoms with Gasteiger partial charge >= 0.3 is 5.97 Å². The van der Waals surface area contributed by atoms with E-state index in [4.69, 9.17) is 4.74 Å². The van der Waals surface area contributed by atoms with Gasteiger partial charge in [-0.1, -0.05) is 36.4 Å². The maximum absolute atomic E-state index is 12.5. The van der Waals surface area contributed by atoms with Gasteiger partial charge in [-0.2, -0.15) is 0 Å². The summed E-state index contributed by atoms with van der Waals surface area (Å²) < 4.78 is 5.56. The van der Waals surface area contributed by atoms with Gasteiger partial charge in [0.1, 0.15) is 6.10 Å². The maximum Gasteiger partial charge on any atom is 0.339 e. The molecule has 1 aliphatic heterocycles. The van der Waals surface area contributed by atoms with E-state index in [0.29, 0.717) is 24.1 Å². The van der Waals surface area contributed by atoms with Crippen LogP contribution < -0.4 is 5.32 Å². The van der Waals surface area contributed by atoms with Crippen LogP contribution in [0.15, 0.2) is 72.9 Å². The molecular weight excluding hydrogens is 340 g/mol. The quantitative estimate of drug-likeness (QED) is 0.725. The summed E-state index contributed by atoms with van der Waals surface area (Å²) in [5.74, 6) is -0.552. The van der Waals surface area contributed by atoms with Gasteiger partial charge < -0.3 is 10.1 Å². The molecule has 5 nitrogen and oxygen atoms in total. The first-order valence-electron chi connectivity index (χ1n) is 8.77. The number of aromatic nitrogens is 1. The molecule has 0 fully saturated rings. The summed E-state index contributed by atoms with van der Waals surface area (Å²) in [6, 6.07) is 20.3. The number of hydrogen-bond acceptors (Lipinski definition) is 4. The second-order valence-electron chi connectivity index (χ2n) is 6.38. The van der Waals surface area contributed by atoms with Crippen molar-refractivity contribution in [2.45, 2.75) is 19.1 Å². The van der Waals surface area contributed by atoms with Gasteiger partial charge in [-0.15, -0.1) is 0 Å². The summed E-state index contributed by atoms with van der Waals surface area (Å²) in [5, 5.41) is 2.86. The van der Waals surface area contributed by atoms with E-state index < -0.39 is 0 Å². The topological polar surface area (TPSA) is 68.3 Å². The Bertz CT molecular complexity index is 971. The van der Waals surface area contributed by atoms with Gasteiger partial charge in [0.05, 0.1) is 17.8 Å². The zero-order chi connectivity index (χ0) is 18.6. The minimum atomic E-state index is -0.356. The fourth-order valence-electron chi connectivity index (χ4n) is 3.17. The van der Waals surface area contributed by atoms with E-state index in [2.05, 4.69) is 10.3 Å². The molecule has 3 aromatic rings. The predicted molar refractivity (Wildman–Crippen MR) is 100 cm³/mol. The number of nitrogens with zero attached hydrogens (tertiary/aromatic N) is 1. The Kier molecular flexibility index (Phi) is 4.66. The summed E-state index contributed by atoms with van der Waals surface area (Å²) in [6.45, 7) is 0.353. The summed E-state index contributed by atoms with van der Waals surface area (Å²) in [6.07, 6.45) is 1.90. The second kappa shape index (κ2) is 7.41. The van der Waals surface area contributed by atoms with Crippen molar-refractivity contribution in [1.82, 2.24) is 10.3 Å². The molecule has 0 bridgehead atoms. The predicted octanol–water partition coefficient (Wildman–Crippen LogP) is 3.47. The Labute approximate surface area is 157 Å². The number of benzene rings is 2. The van der Waals surface area contributed by atoms with Crippen molar-refractivity contribution in [2.75, 3.05) is 0 Å². The van der Waals surface area contributed by atoms with E-state index in [0.717, 1.165) is 16.8 Å². The molecule has 27 heavy (non-hydrogen) atoms. The third-order valence-corrected chi connectivity index (χ3v) is 4.57. The minimum absolute atomic E-state index is 0.196. The lowest BCUT2D eigenvalue weighted by molar-refractivity contribution is 0.0252. The lowest BCUT2D eigenvalue weighted by Crippen LogP contribution is -2.25. The fraction of sp³-hybridized carbons (Fsp3) is 0.136. The van der Waals surface area contributed by atoms with E-state index >= 15 is 0 Å². The van der Waals surface area contributed by atoms with Crippen molar-refractivity contribution < 1.29 is 14.3 Å². The first-order valence-corrected chi connectivity index (χ1v) is 8.77. The number of rotatable bonds is 4. The molecule has 4 rings (SSSR count). The van der Waals surface area contributed by atoms with Crippen LogP contribution in [0.5, 0.6) is 0 Å². The van der Waals surface area contributed by atoms with E-state index in [1.165, 1.54) is 0 Å².